The molecular formula is C27H29N3O5. The van der Waals surface area contributed by atoms with Crippen LogP contribution in [-0.2, 0) is 21.5 Å². The monoisotopic (exact) mass is 475 g/mol. The van der Waals surface area contributed by atoms with Crippen LogP contribution in [0.5, 0.6) is 0 Å². The van der Waals surface area contributed by atoms with Crippen molar-refractivity contribution in [2.45, 2.75) is 62.8 Å². The lowest BCUT2D eigenvalue weighted by Gasteiger charge is -2.30. The first-order valence-electron chi connectivity index (χ1n) is 12.2. The lowest BCUT2D eigenvalue weighted by Crippen LogP contribution is -2.47. The van der Waals surface area contributed by atoms with E-state index in [1.807, 2.05) is 24.3 Å². The Bertz CT molecular complexity index is 1170. The van der Waals surface area contributed by atoms with Crippen LogP contribution in [0.25, 0.3) is 11.1 Å². The van der Waals surface area contributed by atoms with Gasteiger partial charge in [0.25, 0.3) is 0 Å². The molecule has 2 aromatic carbocycles. The number of aromatic nitrogens is 2. The van der Waals surface area contributed by atoms with Gasteiger partial charge in [0.05, 0.1) is 6.42 Å². The molecule has 2 aliphatic rings. The largest absolute Gasteiger partial charge is 0.481 e. The second-order valence-electron chi connectivity index (χ2n) is 9.35. The SMILES string of the molecule is O=C(O)CCc1nc(C2(NC(=O)OCC3c4ccccc4-c4ccccc43)CCCCCC2)no1. The minimum Gasteiger partial charge on any atom is -0.481 e. The molecule has 8 nitrogen and oxygen atoms in total. The van der Waals surface area contributed by atoms with E-state index in [1.165, 1.54) is 11.1 Å². The van der Waals surface area contributed by atoms with Crippen molar-refractivity contribution < 1.29 is 24.0 Å². The topological polar surface area (TPSA) is 115 Å². The second kappa shape index (κ2) is 9.90. The van der Waals surface area contributed by atoms with Crippen LogP contribution in [0, 0.1) is 0 Å². The molecule has 1 amide bonds. The predicted octanol–water partition coefficient (Wildman–Crippen LogP) is 5.18. The number of rotatable bonds is 7. The van der Waals surface area contributed by atoms with E-state index >= 15 is 0 Å². The number of fused-ring (bicyclic) bond motifs is 3. The average Bonchev–Trinajstić information content (AvgIpc) is 3.39. The number of nitrogens with one attached hydrogen (secondary N) is 1. The number of nitrogens with zero attached hydrogens (tertiary/aromatic N) is 2. The van der Waals surface area contributed by atoms with E-state index in [-0.39, 0.29) is 31.3 Å². The van der Waals surface area contributed by atoms with Gasteiger partial charge in [-0.3, -0.25) is 4.79 Å². The minimum atomic E-state index is -0.925. The Morgan fingerprint density at radius 3 is 2.26 bits per heavy atom. The number of benzene rings is 2. The summed E-state index contributed by atoms with van der Waals surface area (Å²) >= 11 is 0. The van der Waals surface area contributed by atoms with Crippen LogP contribution in [0.1, 0.15) is 73.7 Å². The standard InChI is InChI=1S/C27H29N3O5/c31-24(32)14-13-23-28-25(30-35-23)27(15-7-1-2-8-16-27)29-26(33)34-17-22-20-11-5-3-9-18(20)19-10-4-6-12-21(19)22/h3-6,9-12,22H,1-2,7-8,13-17H2,(H,29,33)(H,31,32). The molecule has 3 aromatic rings. The summed E-state index contributed by atoms with van der Waals surface area (Å²) < 4.78 is 11.1. The Labute approximate surface area is 203 Å². The second-order valence-corrected chi connectivity index (χ2v) is 9.35. The Morgan fingerprint density at radius 1 is 1.00 bits per heavy atom. The number of carbonyl (C=O) groups is 2. The summed E-state index contributed by atoms with van der Waals surface area (Å²) in [6.45, 7) is 0.228. The van der Waals surface area contributed by atoms with Gasteiger partial charge in [-0.15, -0.1) is 0 Å². The maximum absolute atomic E-state index is 13.1. The van der Waals surface area contributed by atoms with Gasteiger partial charge in [-0.05, 0) is 35.1 Å². The molecule has 0 bridgehead atoms. The minimum absolute atomic E-state index is 0.0222. The fourth-order valence-corrected chi connectivity index (χ4v) is 5.33. The van der Waals surface area contributed by atoms with Crippen LogP contribution in [0.15, 0.2) is 53.1 Å². The molecule has 0 saturated heterocycles. The third-order valence-corrected chi connectivity index (χ3v) is 7.09. The first-order chi connectivity index (χ1) is 17.1. The number of carboxylic acids is 1. The van der Waals surface area contributed by atoms with Crippen molar-refractivity contribution in [1.29, 1.82) is 0 Å². The molecule has 1 heterocycles. The van der Waals surface area contributed by atoms with E-state index in [1.54, 1.807) is 0 Å². The summed E-state index contributed by atoms with van der Waals surface area (Å²) in [7, 11) is 0. The summed E-state index contributed by atoms with van der Waals surface area (Å²) in [6, 6.07) is 16.5. The number of ether oxygens (including phenoxy) is 1. The van der Waals surface area contributed by atoms with Crippen LogP contribution in [-0.4, -0.2) is 33.9 Å². The number of aryl methyl sites for hydroxylation is 1. The highest BCUT2D eigenvalue weighted by molar-refractivity contribution is 5.79. The predicted molar refractivity (Wildman–Crippen MR) is 128 cm³/mol. The van der Waals surface area contributed by atoms with E-state index in [0.29, 0.717) is 18.7 Å². The molecule has 1 fully saturated rings. The van der Waals surface area contributed by atoms with Gasteiger partial charge in [-0.1, -0.05) is 79.4 Å². The van der Waals surface area contributed by atoms with Crippen molar-refractivity contribution in [1.82, 2.24) is 15.5 Å². The number of aliphatic carboxylic acids is 1. The first-order valence-corrected chi connectivity index (χ1v) is 12.2. The zero-order chi connectivity index (χ0) is 24.3. The number of amides is 1. The number of alkyl carbamates (subject to hydrolysis) is 1. The number of hydrogen-bond donors (Lipinski definition) is 2. The van der Waals surface area contributed by atoms with Crippen molar-refractivity contribution in [3.63, 3.8) is 0 Å². The number of carbonyl (C=O) groups excluding carboxylic acids is 1. The Balaban J connectivity index is 1.32. The fourth-order valence-electron chi connectivity index (χ4n) is 5.33. The summed E-state index contributed by atoms with van der Waals surface area (Å²) in [6.07, 6.45) is 4.88. The number of carboxylic acid groups (broad SMARTS) is 1. The maximum atomic E-state index is 13.1. The van der Waals surface area contributed by atoms with Crippen LogP contribution >= 0.6 is 0 Å². The molecule has 2 aliphatic carbocycles. The van der Waals surface area contributed by atoms with Gasteiger partial charge in [-0.25, -0.2) is 4.79 Å². The molecule has 0 unspecified atom stereocenters. The Kier molecular flexibility index (Phi) is 6.53. The zero-order valence-corrected chi connectivity index (χ0v) is 19.5. The normalized spacial score (nSPS) is 16.7. The Morgan fingerprint density at radius 2 is 1.63 bits per heavy atom. The zero-order valence-electron chi connectivity index (χ0n) is 19.5. The van der Waals surface area contributed by atoms with Crippen molar-refractivity contribution in [3.05, 3.63) is 71.4 Å². The summed E-state index contributed by atoms with van der Waals surface area (Å²) in [5.74, 6) is -0.287. The molecule has 35 heavy (non-hydrogen) atoms. The van der Waals surface area contributed by atoms with Gasteiger partial charge in [0, 0.05) is 12.3 Å². The molecule has 5 rings (SSSR count). The highest BCUT2D eigenvalue weighted by atomic mass is 16.5. The van der Waals surface area contributed by atoms with Crippen LogP contribution in [0.2, 0.25) is 0 Å². The molecule has 0 spiro atoms. The van der Waals surface area contributed by atoms with Crippen LogP contribution < -0.4 is 5.32 Å². The molecule has 0 atom stereocenters. The van der Waals surface area contributed by atoms with Gasteiger partial charge in [0.15, 0.2) is 5.82 Å². The van der Waals surface area contributed by atoms with Gasteiger partial charge >= 0.3 is 12.1 Å². The third kappa shape index (κ3) is 4.78. The highest BCUT2D eigenvalue weighted by Gasteiger charge is 2.40. The molecular weight excluding hydrogens is 446 g/mol. The lowest BCUT2D eigenvalue weighted by atomic mass is 9.89. The summed E-state index contributed by atoms with van der Waals surface area (Å²) in [5.41, 5.74) is 3.89. The quantitative estimate of drug-likeness (QED) is 0.453. The molecule has 0 aliphatic heterocycles. The maximum Gasteiger partial charge on any atom is 0.407 e. The Hall–Kier alpha value is -3.68. The van der Waals surface area contributed by atoms with Gasteiger partial charge < -0.3 is 19.7 Å². The molecule has 182 valence electrons. The van der Waals surface area contributed by atoms with Gasteiger partial charge in [0.1, 0.15) is 12.1 Å². The van der Waals surface area contributed by atoms with E-state index in [2.05, 4.69) is 39.7 Å². The van der Waals surface area contributed by atoms with Crippen molar-refractivity contribution in [3.8, 4) is 11.1 Å². The summed E-state index contributed by atoms with van der Waals surface area (Å²) in [5, 5.41) is 16.2. The smallest absolute Gasteiger partial charge is 0.407 e. The molecule has 2 N–H and O–H groups in total. The molecule has 1 aromatic heterocycles. The first kappa shape index (κ1) is 23.1. The highest BCUT2D eigenvalue weighted by Crippen LogP contribution is 2.44. The molecule has 0 radical (unpaired) electrons. The lowest BCUT2D eigenvalue weighted by molar-refractivity contribution is -0.137. The summed E-state index contributed by atoms with van der Waals surface area (Å²) in [4.78, 5) is 28.5. The number of hydrogen-bond acceptors (Lipinski definition) is 6. The van der Waals surface area contributed by atoms with E-state index in [4.69, 9.17) is 14.4 Å². The van der Waals surface area contributed by atoms with Crippen LogP contribution in [0.4, 0.5) is 4.79 Å². The van der Waals surface area contributed by atoms with Crippen LogP contribution in [0.3, 0.4) is 0 Å². The molecule has 1 saturated carbocycles. The fraction of sp³-hybridized carbons (Fsp3) is 0.407. The van der Waals surface area contributed by atoms with Gasteiger partial charge in [0.2, 0.25) is 5.89 Å². The third-order valence-electron chi connectivity index (χ3n) is 7.09. The van der Waals surface area contributed by atoms with Crippen molar-refractivity contribution in [2.75, 3.05) is 6.61 Å². The van der Waals surface area contributed by atoms with E-state index < -0.39 is 17.6 Å². The molecule has 8 heteroatoms. The van der Waals surface area contributed by atoms with Crippen molar-refractivity contribution >= 4 is 12.1 Å². The van der Waals surface area contributed by atoms with E-state index in [0.717, 1.165) is 36.8 Å². The average molecular weight is 476 g/mol. The van der Waals surface area contributed by atoms with Gasteiger partial charge in [-0.2, -0.15) is 4.98 Å². The van der Waals surface area contributed by atoms with Crippen molar-refractivity contribution in [2.24, 2.45) is 0 Å². The van der Waals surface area contributed by atoms with E-state index in [9.17, 15) is 9.59 Å².